The lowest BCUT2D eigenvalue weighted by molar-refractivity contribution is -0.116. The number of hydrogen-bond donors (Lipinski definition) is 1. The van der Waals surface area contributed by atoms with Crippen LogP contribution in [0.1, 0.15) is 43.3 Å². The zero-order valence-electron chi connectivity index (χ0n) is 22.9. The summed E-state index contributed by atoms with van der Waals surface area (Å²) in [5.41, 5.74) is 3.71. The first-order valence-corrected chi connectivity index (χ1v) is 13.8. The van der Waals surface area contributed by atoms with Crippen LogP contribution in [0.25, 0.3) is 22.4 Å². The van der Waals surface area contributed by atoms with E-state index in [1.807, 2.05) is 52.0 Å². The van der Waals surface area contributed by atoms with Gasteiger partial charge in [-0.3, -0.25) is 9.48 Å². The predicted molar refractivity (Wildman–Crippen MR) is 152 cm³/mol. The Morgan fingerprint density at radius 1 is 1.07 bits per heavy atom. The minimum Gasteiger partial charge on any atom is -0.334 e. The van der Waals surface area contributed by atoms with Crippen LogP contribution in [-0.4, -0.2) is 31.6 Å². The lowest BCUT2D eigenvalue weighted by Gasteiger charge is -2.26. The van der Waals surface area contributed by atoms with E-state index in [2.05, 4.69) is 33.5 Å². The van der Waals surface area contributed by atoms with Crippen molar-refractivity contribution < 1.29 is 18.1 Å². The summed E-state index contributed by atoms with van der Waals surface area (Å²) in [7, 11) is 0. The molecule has 10 heteroatoms. The summed E-state index contributed by atoms with van der Waals surface area (Å²) in [4.78, 5) is 18.5. The zero-order valence-corrected chi connectivity index (χ0v) is 23.7. The average Bonchev–Trinajstić information content (AvgIpc) is 3.52. The molecular formula is C30H29F2N5O2S. The predicted octanol–water partition coefficient (Wildman–Crippen LogP) is 7.06. The van der Waals surface area contributed by atoms with Gasteiger partial charge in [0.25, 0.3) is 5.89 Å². The Morgan fingerprint density at radius 2 is 1.82 bits per heavy atom. The molecule has 5 aromatic rings. The molecular weight excluding hydrogens is 532 g/mol. The molecule has 1 amide bonds. The van der Waals surface area contributed by atoms with E-state index in [1.165, 1.54) is 11.0 Å². The van der Waals surface area contributed by atoms with Crippen LogP contribution in [0.3, 0.4) is 0 Å². The Hall–Kier alpha value is -4.05. The Morgan fingerprint density at radius 3 is 2.52 bits per heavy atom. The smallest absolute Gasteiger partial charge is 0.260 e. The van der Waals surface area contributed by atoms with Crippen LogP contribution >= 0.6 is 11.8 Å². The maximum Gasteiger partial charge on any atom is 0.260 e. The number of nitrogens with zero attached hydrogens (tertiary/aromatic N) is 4. The third-order valence-corrected chi connectivity index (χ3v) is 7.68. The Kier molecular flexibility index (Phi) is 7.46. The number of fused-ring (bicyclic) bond motifs is 1. The number of nitrogens with one attached hydrogen (secondary N) is 1. The molecule has 1 N–H and O–H groups in total. The molecule has 0 aliphatic carbocycles. The van der Waals surface area contributed by atoms with Crippen molar-refractivity contribution in [3.8, 4) is 11.5 Å². The summed E-state index contributed by atoms with van der Waals surface area (Å²) in [6.07, 6.45) is 1.78. The number of hydrogen-bond acceptors (Lipinski definition) is 6. The molecule has 0 bridgehead atoms. The van der Waals surface area contributed by atoms with Gasteiger partial charge in [0.15, 0.2) is 5.82 Å². The highest BCUT2D eigenvalue weighted by Gasteiger charge is 2.33. The first-order valence-electron chi connectivity index (χ1n) is 12.9. The van der Waals surface area contributed by atoms with Crippen molar-refractivity contribution in [1.82, 2.24) is 19.9 Å². The minimum absolute atomic E-state index is 0.0220. The SMILES string of the molecule is CCSc1ccc2c(cnn2CC(=O)Nc2cc(C)c(C(C)(C)c3noc(-c4ccc(F)cc4F)n3)c(C)c2)c1. The van der Waals surface area contributed by atoms with Crippen molar-refractivity contribution in [2.75, 3.05) is 11.1 Å². The second-order valence-electron chi connectivity index (χ2n) is 10.2. The molecule has 40 heavy (non-hydrogen) atoms. The van der Waals surface area contributed by atoms with E-state index in [9.17, 15) is 13.6 Å². The lowest BCUT2D eigenvalue weighted by Crippen LogP contribution is -2.24. The molecule has 0 spiro atoms. The summed E-state index contributed by atoms with van der Waals surface area (Å²) in [6, 6.07) is 13.1. The quantitative estimate of drug-likeness (QED) is 0.204. The standard InChI is InChI=1S/C30H29F2N5O2S/c1-6-40-22-8-10-25-19(13-22)15-33-37(25)16-26(38)34-21-11-17(2)27(18(3)12-21)30(4,5)29-35-28(39-36-29)23-9-7-20(31)14-24(23)32/h7-15H,6,16H2,1-5H3,(H,34,38). The van der Waals surface area contributed by atoms with Gasteiger partial charge in [0.1, 0.15) is 18.2 Å². The van der Waals surface area contributed by atoms with Crippen LogP contribution in [0.4, 0.5) is 14.5 Å². The second kappa shape index (κ2) is 10.8. The summed E-state index contributed by atoms with van der Waals surface area (Å²) in [5, 5.41) is 12.5. The van der Waals surface area contributed by atoms with Gasteiger partial charge >= 0.3 is 0 Å². The summed E-state index contributed by atoms with van der Waals surface area (Å²) >= 11 is 1.76. The normalized spacial score (nSPS) is 11.8. The number of aryl methyl sites for hydroxylation is 2. The number of thioether (sulfide) groups is 1. The van der Waals surface area contributed by atoms with Gasteiger partial charge in [-0.25, -0.2) is 8.78 Å². The number of halogens is 2. The number of anilines is 1. The van der Waals surface area contributed by atoms with E-state index in [4.69, 9.17) is 4.52 Å². The number of rotatable bonds is 8. The average molecular weight is 562 g/mol. The first kappa shape index (κ1) is 27.5. The topological polar surface area (TPSA) is 85.8 Å². The highest BCUT2D eigenvalue weighted by molar-refractivity contribution is 7.99. The monoisotopic (exact) mass is 561 g/mol. The number of aromatic nitrogens is 4. The molecule has 2 heterocycles. The van der Waals surface area contributed by atoms with Gasteiger partial charge in [-0.2, -0.15) is 10.1 Å². The van der Waals surface area contributed by atoms with Gasteiger partial charge in [-0.1, -0.05) is 12.1 Å². The molecule has 0 aliphatic heterocycles. The van der Waals surface area contributed by atoms with Crippen LogP contribution < -0.4 is 5.32 Å². The van der Waals surface area contributed by atoms with Crippen LogP contribution in [0.5, 0.6) is 0 Å². The molecule has 5 rings (SSSR count). The molecule has 0 saturated heterocycles. The molecule has 206 valence electrons. The molecule has 0 radical (unpaired) electrons. The fourth-order valence-corrected chi connectivity index (χ4v) is 5.88. The first-order chi connectivity index (χ1) is 19.1. The fourth-order valence-electron chi connectivity index (χ4n) is 5.17. The van der Waals surface area contributed by atoms with Gasteiger partial charge in [-0.05, 0) is 92.6 Å². The van der Waals surface area contributed by atoms with Crippen molar-refractivity contribution in [2.24, 2.45) is 0 Å². The Labute approximate surface area is 235 Å². The van der Waals surface area contributed by atoms with Crippen LogP contribution in [-0.2, 0) is 16.8 Å². The second-order valence-corrected chi connectivity index (χ2v) is 11.5. The number of benzene rings is 3. The molecule has 0 saturated carbocycles. The van der Waals surface area contributed by atoms with Crippen molar-refractivity contribution in [3.05, 3.63) is 88.9 Å². The number of amides is 1. The van der Waals surface area contributed by atoms with E-state index in [0.717, 1.165) is 45.5 Å². The minimum atomic E-state index is -0.774. The van der Waals surface area contributed by atoms with E-state index in [0.29, 0.717) is 11.5 Å². The zero-order chi connectivity index (χ0) is 28.6. The van der Waals surface area contributed by atoms with Crippen molar-refractivity contribution in [1.29, 1.82) is 0 Å². The van der Waals surface area contributed by atoms with Crippen LogP contribution in [0.2, 0.25) is 0 Å². The molecule has 0 unspecified atom stereocenters. The number of carbonyl (C=O) groups excluding carboxylic acids is 1. The highest BCUT2D eigenvalue weighted by Crippen LogP contribution is 2.37. The van der Waals surface area contributed by atoms with Crippen LogP contribution in [0, 0.1) is 25.5 Å². The Bertz CT molecular complexity index is 1700. The van der Waals surface area contributed by atoms with Gasteiger partial charge in [0.05, 0.1) is 22.7 Å². The summed E-state index contributed by atoms with van der Waals surface area (Å²) < 4.78 is 34.6. The third-order valence-electron chi connectivity index (χ3n) is 6.81. The van der Waals surface area contributed by atoms with E-state index in [1.54, 1.807) is 22.6 Å². The maximum atomic E-state index is 14.3. The van der Waals surface area contributed by atoms with E-state index >= 15 is 0 Å². The Balaban J connectivity index is 1.35. The summed E-state index contributed by atoms with van der Waals surface area (Å²) in [5.74, 6) is -0.316. The molecule has 0 aliphatic rings. The van der Waals surface area contributed by atoms with E-state index < -0.39 is 17.0 Å². The van der Waals surface area contributed by atoms with Gasteiger partial charge < -0.3 is 9.84 Å². The molecule has 0 atom stereocenters. The van der Waals surface area contributed by atoms with Gasteiger partial charge in [0, 0.05) is 22.0 Å². The largest absolute Gasteiger partial charge is 0.334 e. The number of carbonyl (C=O) groups is 1. The summed E-state index contributed by atoms with van der Waals surface area (Å²) in [6.45, 7) is 9.99. The fraction of sp³-hybridized carbons (Fsp3) is 0.267. The van der Waals surface area contributed by atoms with Crippen molar-refractivity contribution >= 4 is 34.3 Å². The van der Waals surface area contributed by atoms with Crippen molar-refractivity contribution in [2.45, 2.75) is 51.5 Å². The highest BCUT2D eigenvalue weighted by atomic mass is 32.2. The lowest BCUT2D eigenvalue weighted by atomic mass is 9.78. The molecule has 7 nitrogen and oxygen atoms in total. The van der Waals surface area contributed by atoms with Crippen LogP contribution in [0.15, 0.2) is 64.1 Å². The molecule has 2 aromatic heterocycles. The van der Waals surface area contributed by atoms with Crippen molar-refractivity contribution in [3.63, 3.8) is 0 Å². The van der Waals surface area contributed by atoms with E-state index in [-0.39, 0.29) is 23.9 Å². The van der Waals surface area contributed by atoms with Gasteiger partial charge in [-0.15, -0.1) is 11.8 Å². The third kappa shape index (κ3) is 5.36. The maximum absolute atomic E-state index is 14.3. The molecule has 3 aromatic carbocycles. The molecule has 0 fully saturated rings. The van der Waals surface area contributed by atoms with Gasteiger partial charge in [0.2, 0.25) is 5.91 Å².